The normalized spacial score (nSPS) is 23.9. The molecule has 0 aliphatic carbocycles. The van der Waals surface area contributed by atoms with Crippen molar-refractivity contribution in [3.63, 3.8) is 0 Å². The average molecular weight is 338 g/mol. The fraction of sp³-hybridized carbons (Fsp3) is 0.455. The Morgan fingerprint density at radius 3 is 1.56 bits per heavy atom. The smallest absolute Gasteiger partial charge is 0.112 e. The molecular weight excluding hydrogens is 312 g/mol. The lowest BCUT2D eigenvalue weighted by Gasteiger charge is -2.26. The Labute approximate surface area is 149 Å². The third-order valence-corrected chi connectivity index (χ3v) is 5.17. The van der Waals surface area contributed by atoms with Crippen molar-refractivity contribution in [3.8, 4) is 0 Å². The summed E-state index contributed by atoms with van der Waals surface area (Å²) in [6.45, 7) is 5.93. The first-order valence-corrected chi connectivity index (χ1v) is 9.36. The first kappa shape index (κ1) is 16.8. The van der Waals surface area contributed by atoms with Gasteiger partial charge in [0.15, 0.2) is 0 Å². The van der Waals surface area contributed by atoms with Gasteiger partial charge in [-0.25, -0.2) is 0 Å². The van der Waals surface area contributed by atoms with Crippen molar-refractivity contribution in [2.75, 3.05) is 13.2 Å². The van der Waals surface area contributed by atoms with E-state index in [2.05, 4.69) is 62.4 Å². The van der Waals surface area contributed by atoms with Crippen molar-refractivity contribution in [1.82, 2.24) is 0 Å². The summed E-state index contributed by atoms with van der Waals surface area (Å²) in [6, 6.07) is 17.1. The molecule has 0 spiro atoms. The molecule has 25 heavy (non-hydrogen) atoms. The maximum atomic E-state index is 6.71. The van der Waals surface area contributed by atoms with Crippen LogP contribution in [0.15, 0.2) is 48.5 Å². The van der Waals surface area contributed by atoms with E-state index < -0.39 is 0 Å². The van der Waals surface area contributed by atoms with E-state index in [4.69, 9.17) is 14.2 Å². The Morgan fingerprint density at radius 1 is 0.800 bits per heavy atom. The van der Waals surface area contributed by atoms with Crippen LogP contribution in [-0.4, -0.2) is 25.4 Å². The molecular formula is C22H26O3. The van der Waals surface area contributed by atoms with Crippen LogP contribution < -0.4 is 0 Å². The molecule has 4 atom stereocenters. The minimum absolute atomic E-state index is 0.0322. The molecule has 0 bridgehead atoms. The quantitative estimate of drug-likeness (QED) is 0.669. The molecule has 2 aromatic carbocycles. The number of hydrogen-bond donors (Lipinski definition) is 0. The maximum Gasteiger partial charge on any atom is 0.112 e. The molecule has 0 N–H and O–H groups in total. The molecule has 4 rings (SSSR count). The van der Waals surface area contributed by atoms with Gasteiger partial charge >= 0.3 is 0 Å². The zero-order valence-corrected chi connectivity index (χ0v) is 15.0. The molecule has 0 saturated carbocycles. The van der Waals surface area contributed by atoms with Crippen molar-refractivity contribution in [3.05, 3.63) is 70.8 Å². The van der Waals surface area contributed by atoms with Crippen LogP contribution in [-0.2, 0) is 27.1 Å². The molecule has 3 heteroatoms. The molecule has 2 aromatic rings. The van der Waals surface area contributed by atoms with Gasteiger partial charge in [0, 0.05) is 0 Å². The molecule has 2 heterocycles. The average Bonchev–Trinajstić information content (AvgIpc) is 3.56. The molecule has 2 aliphatic heterocycles. The Balaban J connectivity index is 1.66. The summed E-state index contributed by atoms with van der Waals surface area (Å²) in [5, 5.41) is 0. The molecule has 0 aromatic heterocycles. The number of rotatable bonds is 8. The van der Waals surface area contributed by atoms with Gasteiger partial charge in [-0.3, -0.25) is 0 Å². The third-order valence-electron chi connectivity index (χ3n) is 5.17. The van der Waals surface area contributed by atoms with E-state index in [1.807, 2.05) is 0 Å². The van der Waals surface area contributed by atoms with Gasteiger partial charge in [-0.15, -0.1) is 0 Å². The van der Waals surface area contributed by atoms with Crippen molar-refractivity contribution in [2.45, 2.75) is 51.1 Å². The summed E-state index contributed by atoms with van der Waals surface area (Å²) < 4.78 is 18.0. The van der Waals surface area contributed by atoms with Crippen LogP contribution in [0.25, 0.3) is 0 Å². The van der Waals surface area contributed by atoms with E-state index in [9.17, 15) is 0 Å². The van der Waals surface area contributed by atoms with E-state index in [0.29, 0.717) is 0 Å². The molecule has 4 unspecified atom stereocenters. The minimum Gasteiger partial charge on any atom is -0.370 e. The predicted octanol–water partition coefficient (Wildman–Crippen LogP) is 4.41. The van der Waals surface area contributed by atoms with E-state index in [-0.39, 0.29) is 24.4 Å². The van der Waals surface area contributed by atoms with Gasteiger partial charge in [0.25, 0.3) is 0 Å². The van der Waals surface area contributed by atoms with Gasteiger partial charge in [-0.05, 0) is 35.1 Å². The number of aryl methyl sites for hydroxylation is 2. The third kappa shape index (κ3) is 3.64. The summed E-state index contributed by atoms with van der Waals surface area (Å²) in [4.78, 5) is 0. The van der Waals surface area contributed by atoms with E-state index >= 15 is 0 Å². The summed E-state index contributed by atoms with van der Waals surface area (Å²) in [5.74, 6) is 0. The van der Waals surface area contributed by atoms with Crippen LogP contribution in [0.4, 0.5) is 0 Å². The molecule has 2 aliphatic rings. The summed E-state index contributed by atoms with van der Waals surface area (Å²) in [6.07, 6.45) is 2.24. The van der Waals surface area contributed by atoms with Crippen LogP contribution in [0, 0.1) is 0 Å². The molecule has 2 fully saturated rings. The molecule has 2 saturated heterocycles. The maximum absolute atomic E-state index is 6.71. The van der Waals surface area contributed by atoms with Crippen LogP contribution in [0.1, 0.15) is 48.3 Å². The first-order valence-electron chi connectivity index (χ1n) is 9.36. The second-order valence-electron chi connectivity index (χ2n) is 6.83. The molecule has 0 amide bonds. The van der Waals surface area contributed by atoms with Crippen molar-refractivity contribution in [1.29, 1.82) is 0 Å². The monoisotopic (exact) mass is 338 g/mol. The fourth-order valence-electron chi connectivity index (χ4n) is 3.61. The van der Waals surface area contributed by atoms with Crippen molar-refractivity contribution < 1.29 is 14.2 Å². The Morgan fingerprint density at radius 2 is 1.20 bits per heavy atom. The largest absolute Gasteiger partial charge is 0.370 e. The standard InChI is InChI=1S/C22H26O3/c1-3-15-9-5-7-11-17(15)21(19-13-23-19)25-22(20-14-24-20)18-12-8-6-10-16(18)4-2/h5-12,19-22H,3-4,13-14H2,1-2H3. The van der Waals surface area contributed by atoms with Crippen LogP contribution in [0.2, 0.25) is 0 Å². The zero-order valence-electron chi connectivity index (χ0n) is 15.0. The highest BCUT2D eigenvalue weighted by molar-refractivity contribution is 5.33. The van der Waals surface area contributed by atoms with Crippen molar-refractivity contribution >= 4 is 0 Å². The van der Waals surface area contributed by atoms with Gasteiger partial charge in [0.2, 0.25) is 0 Å². The Hall–Kier alpha value is -1.68. The predicted molar refractivity (Wildman–Crippen MR) is 97.7 cm³/mol. The first-order chi connectivity index (χ1) is 12.3. The number of benzene rings is 2. The molecule has 0 radical (unpaired) electrons. The molecule has 3 nitrogen and oxygen atoms in total. The highest BCUT2D eigenvalue weighted by atomic mass is 16.6. The highest BCUT2D eigenvalue weighted by Crippen LogP contribution is 2.42. The summed E-state index contributed by atoms with van der Waals surface area (Å²) in [7, 11) is 0. The topological polar surface area (TPSA) is 34.3 Å². The van der Waals surface area contributed by atoms with Crippen molar-refractivity contribution in [2.24, 2.45) is 0 Å². The molecule has 132 valence electrons. The van der Waals surface area contributed by atoms with Gasteiger partial charge in [-0.2, -0.15) is 0 Å². The number of hydrogen-bond acceptors (Lipinski definition) is 3. The summed E-state index contributed by atoms with van der Waals surface area (Å²) >= 11 is 0. The van der Waals surface area contributed by atoms with Crippen LogP contribution in [0.5, 0.6) is 0 Å². The lowest BCUT2D eigenvalue weighted by atomic mass is 9.96. The van der Waals surface area contributed by atoms with Crippen LogP contribution >= 0.6 is 0 Å². The number of ether oxygens (including phenoxy) is 3. The van der Waals surface area contributed by atoms with E-state index in [1.165, 1.54) is 22.3 Å². The Bertz CT molecular complexity index is 657. The Kier molecular flexibility index (Phi) is 4.89. The second kappa shape index (κ2) is 7.28. The van der Waals surface area contributed by atoms with Gasteiger partial charge in [0.05, 0.1) is 13.2 Å². The van der Waals surface area contributed by atoms with Gasteiger partial charge in [0.1, 0.15) is 24.4 Å². The van der Waals surface area contributed by atoms with E-state index in [0.717, 1.165) is 26.1 Å². The SMILES string of the molecule is CCc1ccccc1C(OC(c1ccccc1CC)C1CO1)C1CO1. The minimum atomic E-state index is -0.0322. The lowest BCUT2D eigenvalue weighted by molar-refractivity contribution is -0.0426. The fourth-order valence-corrected chi connectivity index (χ4v) is 3.61. The van der Waals surface area contributed by atoms with Gasteiger partial charge < -0.3 is 14.2 Å². The number of epoxide rings is 2. The second-order valence-corrected chi connectivity index (χ2v) is 6.83. The van der Waals surface area contributed by atoms with Gasteiger partial charge in [-0.1, -0.05) is 62.4 Å². The van der Waals surface area contributed by atoms with Crippen LogP contribution in [0.3, 0.4) is 0 Å². The highest BCUT2D eigenvalue weighted by Gasteiger charge is 2.43. The summed E-state index contributed by atoms with van der Waals surface area (Å²) in [5.41, 5.74) is 5.18. The lowest BCUT2D eigenvalue weighted by Crippen LogP contribution is -2.21. The van der Waals surface area contributed by atoms with E-state index in [1.54, 1.807) is 0 Å². The zero-order chi connectivity index (χ0) is 17.2.